The van der Waals surface area contributed by atoms with E-state index in [-0.39, 0.29) is 18.3 Å². The van der Waals surface area contributed by atoms with Gasteiger partial charge in [-0.15, -0.1) is 0 Å². The molecule has 0 saturated carbocycles. The van der Waals surface area contributed by atoms with Gasteiger partial charge >= 0.3 is 0 Å². The van der Waals surface area contributed by atoms with Crippen LogP contribution in [0.3, 0.4) is 0 Å². The van der Waals surface area contributed by atoms with Crippen LogP contribution in [0.15, 0.2) is 24.3 Å². The van der Waals surface area contributed by atoms with Crippen LogP contribution in [0.4, 0.5) is 0 Å². The number of aliphatic hydroxyl groups is 1. The number of rotatable bonds is 4. The van der Waals surface area contributed by atoms with Crippen molar-refractivity contribution < 1.29 is 9.84 Å². The van der Waals surface area contributed by atoms with Crippen LogP contribution in [0.1, 0.15) is 25.0 Å². The zero-order chi connectivity index (χ0) is 14.8. The molecule has 4 nitrogen and oxygen atoms in total. The Hall–Kier alpha value is -1.01. The lowest BCUT2D eigenvalue weighted by Crippen LogP contribution is -2.53. The number of nitrogens with two attached hydrogens (primary N) is 1. The van der Waals surface area contributed by atoms with E-state index in [0.29, 0.717) is 4.99 Å². The van der Waals surface area contributed by atoms with Crippen LogP contribution < -0.4 is 5.73 Å². The molecule has 20 heavy (non-hydrogen) atoms. The molecule has 0 aliphatic carbocycles. The lowest BCUT2D eigenvalue weighted by Gasteiger charge is -2.42. The van der Waals surface area contributed by atoms with Crippen LogP contribution in [0.2, 0.25) is 0 Å². The minimum absolute atomic E-state index is 0.0559. The van der Waals surface area contributed by atoms with Crippen molar-refractivity contribution in [3.05, 3.63) is 35.4 Å². The van der Waals surface area contributed by atoms with Crippen molar-refractivity contribution in [2.75, 3.05) is 19.7 Å². The van der Waals surface area contributed by atoms with Gasteiger partial charge in [-0.25, -0.2) is 0 Å². The van der Waals surface area contributed by atoms with Crippen molar-refractivity contribution in [2.45, 2.75) is 32.1 Å². The minimum Gasteiger partial charge on any atom is -0.394 e. The van der Waals surface area contributed by atoms with E-state index >= 15 is 0 Å². The highest BCUT2D eigenvalue weighted by atomic mass is 32.1. The summed E-state index contributed by atoms with van der Waals surface area (Å²) in [5.41, 5.74) is 7.46. The maximum absolute atomic E-state index is 9.32. The number of morpholine rings is 1. The van der Waals surface area contributed by atoms with Crippen LogP contribution in [0, 0.1) is 0 Å². The fourth-order valence-corrected chi connectivity index (χ4v) is 2.80. The second-order valence-corrected chi connectivity index (χ2v) is 6.35. The third kappa shape index (κ3) is 3.99. The average Bonchev–Trinajstić information content (AvgIpc) is 2.37. The fraction of sp³-hybridized carbons (Fsp3) is 0.533. The summed E-state index contributed by atoms with van der Waals surface area (Å²) in [7, 11) is 0. The first kappa shape index (κ1) is 15.4. The predicted molar refractivity (Wildman–Crippen MR) is 83.6 cm³/mol. The van der Waals surface area contributed by atoms with Gasteiger partial charge in [-0.05, 0) is 19.4 Å². The molecule has 1 aliphatic heterocycles. The molecule has 0 amide bonds. The molecule has 1 fully saturated rings. The van der Waals surface area contributed by atoms with E-state index in [0.717, 1.165) is 25.2 Å². The summed E-state index contributed by atoms with van der Waals surface area (Å²) < 4.78 is 5.82. The van der Waals surface area contributed by atoms with Crippen LogP contribution >= 0.6 is 12.2 Å². The molecule has 110 valence electrons. The molecule has 0 bridgehead atoms. The van der Waals surface area contributed by atoms with Gasteiger partial charge in [0.15, 0.2) is 0 Å². The van der Waals surface area contributed by atoms with Crippen molar-refractivity contribution in [2.24, 2.45) is 5.73 Å². The number of hydrogen-bond donors (Lipinski definition) is 2. The highest BCUT2D eigenvalue weighted by Gasteiger charge is 2.32. The van der Waals surface area contributed by atoms with Crippen LogP contribution in [0.25, 0.3) is 0 Å². The zero-order valence-corrected chi connectivity index (χ0v) is 12.8. The molecule has 1 atom stereocenters. The Balaban J connectivity index is 2.03. The summed E-state index contributed by atoms with van der Waals surface area (Å²) in [5.74, 6) is 0. The molecule has 3 N–H and O–H groups in total. The molecular formula is C15H22N2O2S. The Morgan fingerprint density at radius 3 is 2.65 bits per heavy atom. The molecule has 1 unspecified atom stereocenters. The van der Waals surface area contributed by atoms with Gasteiger partial charge in [0.05, 0.1) is 18.3 Å². The molecule has 2 rings (SSSR count). The Bertz CT molecular complexity index is 473. The molecule has 1 aliphatic rings. The van der Waals surface area contributed by atoms with Gasteiger partial charge < -0.3 is 15.6 Å². The number of ether oxygens (including phenoxy) is 1. The molecule has 1 heterocycles. The van der Waals surface area contributed by atoms with Gasteiger partial charge in [0, 0.05) is 25.2 Å². The van der Waals surface area contributed by atoms with Crippen LogP contribution in [0.5, 0.6) is 0 Å². The predicted octanol–water partition coefficient (Wildman–Crippen LogP) is 1.29. The molecule has 1 aromatic carbocycles. The van der Waals surface area contributed by atoms with E-state index in [1.165, 1.54) is 5.56 Å². The van der Waals surface area contributed by atoms with E-state index in [1.807, 2.05) is 24.3 Å². The van der Waals surface area contributed by atoms with Crippen molar-refractivity contribution >= 4 is 17.2 Å². The molecule has 1 aromatic rings. The van der Waals surface area contributed by atoms with Gasteiger partial charge in [-0.1, -0.05) is 36.5 Å². The van der Waals surface area contributed by atoms with Gasteiger partial charge in [-0.2, -0.15) is 0 Å². The van der Waals surface area contributed by atoms with Crippen molar-refractivity contribution in [3.8, 4) is 0 Å². The first-order chi connectivity index (χ1) is 9.39. The molecular weight excluding hydrogens is 272 g/mol. The summed E-state index contributed by atoms with van der Waals surface area (Å²) in [5, 5.41) is 9.32. The lowest BCUT2D eigenvalue weighted by atomic mass is 10.0. The fourth-order valence-electron chi connectivity index (χ4n) is 2.66. The molecule has 0 radical (unpaired) electrons. The van der Waals surface area contributed by atoms with E-state index in [4.69, 9.17) is 22.7 Å². The Kier molecular flexibility index (Phi) is 4.75. The van der Waals surface area contributed by atoms with Crippen molar-refractivity contribution in [1.82, 2.24) is 4.90 Å². The Morgan fingerprint density at radius 2 is 2.10 bits per heavy atom. The number of thiocarbonyl (C=S) groups is 1. The summed E-state index contributed by atoms with van der Waals surface area (Å²) in [6, 6.07) is 8.00. The summed E-state index contributed by atoms with van der Waals surface area (Å²) >= 11 is 4.95. The van der Waals surface area contributed by atoms with Gasteiger partial charge in [0.2, 0.25) is 0 Å². The SMILES string of the molecule is CC1(C)CN(Cc2ccc(C(N)=S)cc2)CC(CO)O1. The zero-order valence-electron chi connectivity index (χ0n) is 12.0. The largest absolute Gasteiger partial charge is 0.394 e. The van der Waals surface area contributed by atoms with Gasteiger partial charge in [0.1, 0.15) is 4.99 Å². The van der Waals surface area contributed by atoms with E-state index in [9.17, 15) is 5.11 Å². The van der Waals surface area contributed by atoms with Gasteiger partial charge in [0.25, 0.3) is 0 Å². The second kappa shape index (κ2) is 6.18. The third-order valence-corrected chi connectivity index (χ3v) is 3.64. The maximum atomic E-state index is 9.32. The Labute approximate surface area is 125 Å². The highest BCUT2D eigenvalue weighted by molar-refractivity contribution is 7.80. The summed E-state index contributed by atoms with van der Waals surface area (Å²) in [6.07, 6.45) is -0.116. The Morgan fingerprint density at radius 1 is 1.45 bits per heavy atom. The quantitative estimate of drug-likeness (QED) is 0.820. The number of aliphatic hydroxyl groups excluding tert-OH is 1. The van der Waals surface area contributed by atoms with Crippen LogP contribution in [-0.4, -0.2) is 46.4 Å². The first-order valence-corrected chi connectivity index (χ1v) is 7.20. The number of nitrogens with zero attached hydrogens (tertiary/aromatic N) is 1. The van der Waals surface area contributed by atoms with Gasteiger partial charge in [-0.3, -0.25) is 4.90 Å². The van der Waals surface area contributed by atoms with E-state index in [2.05, 4.69) is 18.7 Å². The minimum atomic E-state index is -0.232. The standard InChI is InChI=1S/C15H22N2O2S/c1-15(2)10-17(8-13(9-18)19-15)7-11-3-5-12(6-4-11)14(16)20/h3-6,13,18H,7-10H2,1-2H3,(H2,16,20). The molecule has 0 spiro atoms. The van der Waals surface area contributed by atoms with E-state index in [1.54, 1.807) is 0 Å². The summed E-state index contributed by atoms with van der Waals surface area (Å²) in [6.45, 7) is 6.59. The van der Waals surface area contributed by atoms with Crippen LogP contribution in [-0.2, 0) is 11.3 Å². The van der Waals surface area contributed by atoms with E-state index < -0.39 is 0 Å². The normalized spacial score (nSPS) is 22.6. The monoisotopic (exact) mass is 294 g/mol. The molecule has 0 aromatic heterocycles. The lowest BCUT2D eigenvalue weighted by molar-refractivity contribution is -0.150. The maximum Gasteiger partial charge on any atom is 0.103 e. The number of benzene rings is 1. The average molecular weight is 294 g/mol. The molecule has 5 heteroatoms. The highest BCUT2D eigenvalue weighted by Crippen LogP contribution is 2.22. The molecule has 1 saturated heterocycles. The topological polar surface area (TPSA) is 58.7 Å². The van der Waals surface area contributed by atoms with Crippen molar-refractivity contribution in [3.63, 3.8) is 0 Å². The smallest absolute Gasteiger partial charge is 0.103 e. The first-order valence-electron chi connectivity index (χ1n) is 6.79. The number of hydrogen-bond acceptors (Lipinski definition) is 4. The third-order valence-electron chi connectivity index (χ3n) is 3.40. The second-order valence-electron chi connectivity index (χ2n) is 5.91. The summed E-state index contributed by atoms with van der Waals surface area (Å²) in [4.78, 5) is 2.73. The van der Waals surface area contributed by atoms with Crippen molar-refractivity contribution in [1.29, 1.82) is 0 Å².